The van der Waals surface area contributed by atoms with Gasteiger partial charge in [-0.1, -0.05) is 35.0 Å². The van der Waals surface area contributed by atoms with Crippen LogP contribution in [0.5, 0.6) is 0 Å². The molecule has 0 aromatic heterocycles. The monoisotopic (exact) mass is 285 g/mol. The van der Waals surface area contributed by atoms with Crippen molar-refractivity contribution < 1.29 is 0 Å². The molecule has 0 bridgehead atoms. The lowest BCUT2D eigenvalue weighted by molar-refractivity contribution is 0.779. The van der Waals surface area contributed by atoms with E-state index >= 15 is 0 Å². The Morgan fingerprint density at radius 1 is 1.40 bits per heavy atom. The molecule has 1 nitrogen and oxygen atoms in total. The van der Waals surface area contributed by atoms with Gasteiger partial charge in [-0.2, -0.15) is 0 Å². The van der Waals surface area contributed by atoms with E-state index in [1.165, 1.54) is 10.5 Å². The summed E-state index contributed by atoms with van der Waals surface area (Å²) in [6.45, 7) is 8.06. The highest BCUT2D eigenvalue weighted by atomic mass is 79.9. The van der Waals surface area contributed by atoms with E-state index in [0.29, 0.717) is 0 Å². The molecule has 0 fully saturated rings. The molecule has 1 aromatic rings. The highest BCUT2D eigenvalue weighted by Gasteiger charge is 1.97. The molecule has 0 atom stereocenters. The summed E-state index contributed by atoms with van der Waals surface area (Å²) in [6.07, 6.45) is 0. The van der Waals surface area contributed by atoms with E-state index in [0.717, 1.165) is 23.3 Å². The summed E-state index contributed by atoms with van der Waals surface area (Å²) in [7, 11) is 0. The normalized spacial score (nSPS) is 10.3. The summed E-state index contributed by atoms with van der Waals surface area (Å²) in [5.74, 6) is 0.981. The molecule has 0 saturated heterocycles. The van der Waals surface area contributed by atoms with E-state index in [4.69, 9.17) is 0 Å². The van der Waals surface area contributed by atoms with Crippen LogP contribution in [0, 0.1) is 0 Å². The third kappa shape index (κ3) is 5.40. The Hall–Kier alpha value is -0.250. The van der Waals surface area contributed by atoms with Crippen LogP contribution in [-0.4, -0.2) is 18.8 Å². The molecule has 0 radical (unpaired) electrons. The summed E-state index contributed by atoms with van der Waals surface area (Å²) in [6, 6.07) is 8.37. The van der Waals surface area contributed by atoms with Gasteiger partial charge in [0.2, 0.25) is 0 Å². The van der Waals surface area contributed by atoms with E-state index in [-0.39, 0.29) is 0 Å². The van der Waals surface area contributed by atoms with E-state index < -0.39 is 0 Å². The number of nitrogens with one attached hydrogen (secondary N) is 1. The zero-order valence-electron chi connectivity index (χ0n) is 8.92. The fourth-order valence-corrected chi connectivity index (χ4v) is 2.13. The quantitative estimate of drug-likeness (QED) is 0.632. The summed E-state index contributed by atoms with van der Waals surface area (Å²) in [5, 5.41) is 3.27. The van der Waals surface area contributed by atoms with E-state index in [1.54, 1.807) is 0 Å². The fraction of sp³-hybridized carbons (Fsp3) is 0.333. The zero-order chi connectivity index (χ0) is 11.1. The van der Waals surface area contributed by atoms with Crippen molar-refractivity contribution >= 4 is 27.7 Å². The molecule has 0 aliphatic carbocycles. The van der Waals surface area contributed by atoms with Gasteiger partial charge in [0.1, 0.15) is 0 Å². The number of rotatable bonds is 6. The lowest BCUT2D eigenvalue weighted by Crippen LogP contribution is -2.16. The van der Waals surface area contributed by atoms with E-state index in [9.17, 15) is 0 Å². The molecule has 1 aromatic carbocycles. The van der Waals surface area contributed by atoms with Crippen LogP contribution in [0.25, 0.3) is 0 Å². The second kappa shape index (κ2) is 7.09. The second-order valence-electron chi connectivity index (χ2n) is 3.27. The Labute approximate surface area is 104 Å². The Kier molecular flexibility index (Phi) is 6.06. The third-order valence-corrected chi connectivity index (χ3v) is 3.57. The van der Waals surface area contributed by atoms with Crippen LogP contribution in [-0.2, 0) is 0 Å². The van der Waals surface area contributed by atoms with Crippen molar-refractivity contribution in [3.8, 4) is 0 Å². The maximum Gasteiger partial charge on any atom is 0.0200 e. The zero-order valence-corrected chi connectivity index (χ0v) is 11.3. The second-order valence-corrected chi connectivity index (χ2v) is 5.24. The van der Waals surface area contributed by atoms with Crippen molar-refractivity contribution in [2.75, 3.05) is 18.8 Å². The van der Waals surface area contributed by atoms with Crippen LogP contribution in [0.3, 0.4) is 0 Å². The Bertz CT molecular complexity index is 308. The van der Waals surface area contributed by atoms with Crippen LogP contribution >= 0.6 is 27.7 Å². The number of thioether (sulfide) groups is 1. The molecule has 15 heavy (non-hydrogen) atoms. The lowest BCUT2D eigenvalue weighted by Gasteiger charge is -2.06. The number of benzene rings is 1. The molecule has 0 unspecified atom stereocenters. The molecule has 1 N–H and O–H groups in total. The van der Waals surface area contributed by atoms with Crippen molar-refractivity contribution in [1.82, 2.24) is 5.32 Å². The van der Waals surface area contributed by atoms with Gasteiger partial charge in [-0.05, 0) is 30.8 Å². The third-order valence-electron chi connectivity index (χ3n) is 1.88. The Balaban J connectivity index is 2.30. The molecule has 0 saturated carbocycles. The van der Waals surface area contributed by atoms with Gasteiger partial charge < -0.3 is 5.32 Å². The minimum absolute atomic E-state index is 0.917. The van der Waals surface area contributed by atoms with Gasteiger partial charge in [0, 0.05) is 21.7 Å². The predicted octanol–water partition coefficient (Wildman–Crippen LogP) is 3.71. The molecule has 0 aliphatic heterocycles. The highest BCUT2D eigenvalue weighted by Crippen LogP contribution is 2.21. The molecule has 0 amide bonds. The first-order valence-corrected chi connectivity index (χ1v) is 6.76. The molecule has 0 aliphatic rings. The molecule has 1 rings (SSSR count). The summed E-state index contributed by atoms with van der Waals surface area (Å²) in [4.78, 5) is 1.29. The first kappa shape index (κ1) is 12.8. The average Bonchev–Trinajstić information content (AvgIpc) is 2.25. The summed E-state index contributed by atoms with van der Waals surface area (Å²) >= 11 is 5.25. The van der Waals surface area contributed by atoms with Crippen LogP contribution in [0.15, 0.2) is 45.8 Å². The van der Waals surface area contributed by atoms with Crippen molar-refractivity contribution in [3.63, 3.8) is 0 Å². The largest absolute Gasteiger partial charge is 0.313 e. The average molecular weight is 286 g/mol. The number of hydrogen-bond acceptors (Lipinski definition) is 2. The highest BCUT2D eigenvalue weighted by molar-refractivity contribution is 9.10. The first-order valence-electron chi connectivity index (χ1n) is 4.98. The van der Waals surface area contributed by atoms with Gasteiger partial charge >= 0.3 is 0 Å². The van der Waals surface area contributed by atoms with E-state index in [1.807, 2.05) is 11.8 Å². The number of halogens is 1. The minimum Gasteiger partial charge on any atom is -0.313 e. The van der Waals surface area contributed by atoms with Gasteiger partial charge in [0.15, 0.2) is 0 Å². The smallest absolute Gasteiger partial charge is 0.0200 e. The fourth-order valence-electron chi connectivity index (χ4n) is 1.07. The van der Waals surface area contributed by atoms with E-state index in [2.05, 4.69) is 59.0 Å². The molecule has 0 heterocycles. The van der Waals surface area contributed by atoms with Gasteiger partial charge in [-0.3, -0.25) is 0 Å². The van der Waals surface area contributed by atoms with Gasteiger partial charge in [-0.25, -0.2) is 0 Å². The van der Waals surface area contributed by atoms with Crippen molar-refractivity contribution in [1.29, 1.82) is 0 Å². The van der Waals surface area contributed by atoms with Gasteiger partial charge in [0.25, 0.3) is 0 Å². The Morgan fingerprint density at radius 3 is 2.67 bits per heavy atom. The maximum atomic E-state index is 4.03. The number of hydrogen-bond donors (Lipinski definition) is 1. The SMILES string of the molecule is C=C(CNCC)CSc1ccc(Br)cc1. The van der Waals surface area contributed by atoms with Crippen LogP contribution in [0.1, 0.15) is 6.92 Å². The molecule has 82 valence electrons. The number of likely N-dealkylation sites (N-methyl/N-ethyl adjacent to an activating group) is 1. The van der Waals surface area contributed by atoms with Crippen molar-refractivity contribution in [2.24, 2.45) is 0 Å². The van der Waals surface area contributed by atoms with Crippen LogP contribution in [0.2, 0.25) is 0 Å². The summed E-state index contributed by atoms with van der Waals surface area (Å²) < 4.78 is 1.12. The molecule has 3 heteroatoms. The maximum absolute atomic E-state index is 4.03. The predicted molar refractivity (Wildman–Crippen MR) is 72.5 cm³/mol. The minimum atomic E-state index is 0.917. The standard InChI is InChI=1S/C12H16BrNS/c1-3-14-8-10(2)9-15-12-6-4-11(13)5-7-12/h4-7,14H,2-3,8-9H2,1H3. The first-order chi connectivity index (χ1) is 7.22. The molecule has 0 spiro atoms. The van der Waals surface area contributed by atoms with Crippen LogP contribution < -0.4 is 5.32 Å². The molecular formula is C12H16BrNS. The van der Waals surface area contributed by atoms with Gasteiger partial charge in [-0.15, -0.1) is 11.8 Å². The Morgan fingerprint density at radius 2 is 2.07 bits per heavy atom. The molecular weight excluding hydrogens is 270 g/mol. The van der Waals surface area contributed by atoms with Crippen molar-refractivity contribution in [3.05, 3.63) is 40.9 Å². The lowest BCUT2D eigenvalue weighted by atomic mass is 10.3. The summed E-state index contributed by atoms with van der Waals surface area (Å²) in [5.41, 5.74) is 1.24. The van der Waals surface area contributed by atoms with Gasteiger partial charge in [0.05, 0.1) is 0 Å². The topological polar surface area (TPSA) is 12.0 Å². The van der Waals surface area contributed by atoms with Crippen LogP contribution in [0.4, 0.5) is 0 Å². The van der Waals surface area contributed by atoms with Crippen molar-refractivity contribution in [2.45, 2.75) is 11.8 Å².